The van der Waals surface area contributed by atoms with Crippen LogP contribution in [0.25, 0.3) is 0 Å². The molecule has 1 saturated carbocycles. The Morgan fingerprint density at radius 1 is 1.14 bits per heavy atom. The van der Waals surface area contributed by atoms with Gasteiger partial charge in [0.2, 0.25) is 0 Å². The largest absolute Gasteiger partial charge is 0.325 e. The molecule has 1 fully saturated rings. The van der Waals surface area contributed by atoms with Crippen LogP contribution in [0.2, 0.25) is 0 Å². The lowest BCUT2D eigenvalue weighted by Crippen LogP contribution is -2.25. The number of aryl methyl sites for hydroxylation is 3. The Morgan fingerprint density at radius 2 is 1.64 bits per heavy atom. The summed E-state index contributed by atoms with van der Waals surface area (Å²) in [4.78, 5) is 0. The van der Waals surface area contributed by atoms with Crippen molar-refractivity contribution in [2.45, 2.75) is 45.6 Å². The van der Waals surface area contributed by atoms with Crippen molar-refractivity contribution in [2.75, 3.05) is 0 Å². The van der Waals surface area contributed by atoms with E-state index < -0.39 is 0 Å². The number of benzene rings is 1. The average molecular weight is 189 g/mol. The van der Waals surface area contributed by atoms with Crippen molar-refractivity contribution in [3.63, 3.8) is 0 Å². The van der Waals surface area contributed by atoms with Gasteiger partial charge >= 0.3 is 0 Å². The summed E-state index contributed by atoms with van der Waals surface area (Å²) in [6.45, 7) is 6.54. The van der Waals surface area contributed by atoms with Gasteiger partial charge in [-0.3, -0.25) is 0 Å². The van der Waals surface area contributed by atoms with Crippen LogP contribution in [-0.2, 0) is 6.42 Å². The van der Waals surface area contributed by atoms with Crippen molar-refractivity contribution in [1.82, 2.24) is 0 Å². The van der Waals surface area contributed by atoms with Gasteiger partial charge in [-0.15, -0.1) is 0 Å². The summed E-state index contributed by atoms with van der Waals surface area (Å²) in [5, 5.41) is 0. The molecule has 2 rings (SSSR count). The molecule has 1 aromatic carbocycles. The third-order valence-corrected chi connectivity index (χ3v) is 3.26. The molecule has 1 aromatic rings. The molecule has 0 heterocycles. The van der Waals surface area contributed by atoms with Crippen LogP contribution in [0.5, 0.6) is 0 Å². The van der Waals surface area contributed by atoms with E-state index in [1.54, 1.807) is 0 Å². The molecule has 0 amide bonds. The van der Waals surface area contributed by atoms with Gasteiger partial charge in [-0.2, -0.15) is 0 Å². The predicted octanol–water partition coefficient (Wildman–Crippen LogP) is 2.65. The van der Waals surface area contributed by atoms with Gasteiger partial charge in [-0.25, -0.2) is 0 Å². The zero-order valence-corrected chi connectivity index (χ0v) is 9.35. The van der Waals surface area contributed by atoms with E-state index in [1.165, 1.54) is 35.1 Å². The summed E-state index contributed by atoms with van der Waals surface area (Å²) < 4.78 is 0. The Morgan fingerprint density at radius 3 is 2.07 bits per heavy atom. The molecule has 1 aliphatic rings. The molecule has 0 bridgehead atoms. The van der Waals surface area contributed by atoms with Gasteiger partial charge in [0, 0.05) is 5.54 Å². The van der Waals surface area contributed by atoms with E-state index in [0.717, 1.165) is 6.42 Å². The highest BCUT2D eigenvalue weighted by atomic mass is 14.8. The highest BCUT2D eigenvalue weighted by Crippen LogP contribution is 2.37. The summed E-state index contributed by atoms with van der Waals surface area (Å²) in [6, 6.07) is 4.52. The van der Waals surface area contributed by atoms with Crippen molar-refractivity contribution in [3.8, 4) is 0 Å². The van der Waals surface area contributed by atoms with Gasteiger partial charge in [0.25, 0.3) is 0 Å². The van der Waals surface area contributed by atoms with E-state index in [1.807, 2.05) is 0 Å². The third kappa shape index (κ3) is 1.83. The highest BCUT2D eigenvalue weighted by molar-refractivity contribution is 5.39. The number of hydrogen-bond donors (Lipinski definition) is 1. The fourth-order valence-corrected chi connectivity index (χ4v) is 2.18. The SMILES string of the molecule is Cc1cc(C)c(CC2(N)CC2)c(C)c1. The van der Waals surface area contributed by atoms with Crippen LogP contribution in [0.1, 0.15) is 35.1 Å². The van der Waals surface area contributed by atoms with Crippen LogP contribution in [0.3, 0.4) is 0 Å². The van der Waals surface area contributed by atoms with E-state index in [-0.39, 0.29) is 5.54 Å². The highest BCUT2D eigenvalue weighted by Gasteiger charge is 2.38. The molecule has 0 spiro atoms. The van der Waals surface area contributed by atoms with Gasteiger partial charge in [-0.05, 0) is 56.7 Å². The molecule has 14 heavy (non-hydrogen) atoms. The second kappa shape index (κ2) is 3.09. The molecule has 0 radical (unpaired) electrons. The summed E-state index contributed by atoms with van der Waals surface area (Å²) in [5.41, 5.74) is 11.9. The van der Waals surface area contributed by atoms with Crippen molar-refractivity contribution >= 4 is 0 Å². The molecular formula is C13H19N. The quantitative estimate of drug-likeness (QED) is 0.760. The van der Waals surface area contributed by atoms with Crippen molar-refractivity contribution in [3.05, 3.63) is 34.4 Å². The zero-order chi connectivity index (χ0) is 10.3. The van der Waals surface area contributed by atoms with Gasteiger partial charge in [-0.1, -0.05) is 17.7 Å². The monoisotopic (exact) mass is 189 g/mol. The molecule has 0 atom stereocenters. The minimum Gasteiger partial charge on any atom is -0.325 e. The Kier molecular flexibility index (Phi) is 2.15. The fourth-order valence-electron chi connectivity index (χ4n) is 2.18. The lowest BCUT2D eigenvalue weighted by molar-refractivity contribution is 0.667. The summed E-state index contributed by atoms with van der Waals surface area (Å²) >= 11 is 0. The lowest BCUT2D eigenvalue weighted by Gasteiger charge is -2.15. The van der Waals surface area contributed by atoms with Gasteiger partial charge < -0.3 is 5.73 Å². The van der Waals surface area contributed by atoms with Crippen LogP contribution in [0.4, 0.5) is 0 Å². The molecular weight excluding hydrogens is 170 g/mol. The van der Waals surface area contributed by atoms with Crippen LogP contribution in [0.15, 0.2) is 12.1 Å². The smallest absolute Gasteiger partial charge is 0.0196 e. The van der Waals surface area contributed by atoms with Crippen molar-refractivity contribution < 1.29 is 0 Å². The molecule has 1 heteroatoms. The third-order valence-electron chi connectivity index (χ3n) is 3.26. The predicted molar refractivity (Wildman–Crippen MR) is 60.5 cm³/mol. The lowest BCUT2D eigenvalue weighted by atomic mass is 9.94. The molecule has 1 nitrogen and oxygen atoms in total. The number of nitrogens with two attached hydrogens (primary N) is 1. The molecule has 0 aromatic heterocycles. The first-order valence-electron chi connectivity index (χ1n) is 5.36. The van der Waals surface area contributed by atoms with E-state index in [2.05, 4.69) is 32.9 Å². The Hall–Kier alpha value is -0.820. The molecule has 0 aliphatic heterocycles. The zero-order valence-electron chi connectivity index (χ0n) is 9.35. The average Bonchev–Trinajstić information content (AvgIpc) is 2.77. The van der Waals surface area contributed by atoms with Gasteiger partial charge in [0.15, 0.2) is 0 Å². The van der Waals surface area contributed by atoms with Crippen LogP contribution in [-0.4, -0.2) is 5.54 Å². The van der Waals surface area contributed by atoms with Crippen LogP contribution < -0.4 is 5.73 Å². The second-order valence-corrected chi connectivity index (χ2v) is 4.92. The van der Waals surface area contributed by atoms with E-state index >= 15 is 0 Å². The Labute approximate surface area is 86.3 Å². The first-order valence-corrected chi connectivity index (χ1v) is 5.36. The maximum absolute atomic E-state index is 6.15. The molecule has 0 unspecified atom stereocenters. The Bertz CT molecular complexity index is 338. The summed E-state index contributed by atoms with van der Waals surface area (Å²) in [6.07, 6.45) is 3.45. The normalized spacial score (nSPS) is 18.3. The maximum atomic E-state index is 6.15. The number of rotatable bonds is 2. The summed E-state index contributed by atoms with van der Waals surface area (Å²) in [7, 11) is 0. The first-order chi connectivity index (χ1) is 6.50. The van der Waals surface area contributed by atoms with E-state index in [0.29, 0.717) is 0 Å². The molecule has 2 N–H and O–H groups in total. The maximum Gasteiger partial charge on any atom is 0.0196 e. The van der Waals surface area contributed by atoms with Crippen molar-refractivity contribution in [2.24, 2.45) is 5.73 Å². The molecule has 0 saturated heterocycles. The fraction of sp³-hybridized carbons (Fsp3) is 0.538. The molecule has 76 valence electrons. The van der Waals surface area contributed by atoms with Gasteiger partial charge in [0.1, 0.15) is 0 Å². The number of hydrogen-bond acceptors (Lipinski definition) is 1. The first kappa shape index (κ1) is 9.72. The standard InChI is InChI=1S/C13H19N/c1-9-6-10(2)12(11(3)7-9)8-13(14)4-5-13/h6-7H,4-5,8,14H2,1-3H3. The van der Waals surface area contributed by atoms with E-state index in [9.17, 15) is 0 Å². The van der Waals surface area contributed by atoms with Crippen LogP contribution >= 0.6 is 0 Å². The van der Waals surface area contributed by atoms with Gasteiger partial charge in [0.05, 0.1) is 0 Å². The topological polar surface area (TPSA) is 26.0 Å². The van der Waals surface area contributed by atoms with E-state index in [4.69, 9.17) is 5.73 Å². The van der Waals surface area contributed by atoms with Crippen molar-refractivity contribution in [1.29, 1.82) is 0 Å². The summed E-state index contributed by atoms with van der Waals surface area (Å²) in [5.74, 6) is 0. The second-order valence-electron chi connectivity index (χ2n) is 4.92. The minimum atomic E-state index is 0.130. The Balaban J connectivity index is 2.32. The molecule has 1 aliphatic carbocycles. The van der Waals surface area contributed by atoms with Crippen LogP contribution in [0, 0.1) is 20.8 Å². The minimum absolute atomic E-state index is 0.130.